The molecular formula is C25H24ClF2N5O2. The van der Waals surface area contributed by atoms with Crippen molar-refractivity contribution in [2.24, 2.45) is 0 Å². The van der Waals surface area contributed by atoms with Gasteiger partial charge in [-0.05, 0) is 42.7 Å². The number of hydrogen-bond acceptors (Lipinski definition) is 5. The minimum absolute atomic E-state index is 0.0555. The number of rotatable bonds is 6. The van der Waals surface area contributed by atoms with E-state index in [0.29, 0.717) is 42.2 Å². The molecule has 0 atom stereocenters. The van der Waals surface area contributed by atoms with Gasteiger partial charge >= 0.3 is 0 Å². The third-order valence-corrected chi connectivity index (χ3v) is 6.28. The van der Waals surface area contributed by atoms with Crippen LogP contribution >= 0.6 is 11.6 Å². The Morgan fingerprint density at radius 2 is 1.80 bits per heavy atom. The summed E-state index contributed by atoms with van der Waals surface area (Å²) in [6.45, 7) is 1.02. The number of amides is 2. The van der Waals surface area contributed by atoms with Crippen LogP contribution in [0.25, 0.3) is 0 Å². The Kier molecular flexibility index (Phi) is 7.55. The molecule has 2 amide bonds. The molecule has 1 fully saturated rings. The molecule has 1 saturated heterocycles. The molecule has 0 spiro atoms. The fourth-order valence-electron chi connectivity index (χ4n) is 4.19. The molecule has 10 heteroatoms. The van der Waals surface area contributed by atoms with Gasteiger partial charge in [-0.1, -0.05) is 29.8 Å². The van der Waals surface area contributed by atoms with Gasteiger partial charge in [0.15, 0.2) is 0 Å². The number of halogens is 3. The standard InChI is InChI=1S/C25H24ClF2N5O2/c26-17-4-1-3-15(11-17)13-30-24(35)19-14-31-25(29)32-23(19)16-7-9-33(10-8-16)22(34)12-18-20(27)5-2-6-21(18)28/h1-6,11,14,16H,7-10,12-13H2,(H,30,35)(H2,29,31,32). The average Bonchev–Trinajstić information content (AvgIpc) is 2.85. The van der Waals surface area contributed by atoms with E-state index in [1.807, 2.05) is 6.07 Å². The van der Waals surface area contributed by atoms with Crippen molar-refractivity contribution in [2.45, 2.75) is 31.7 Å². The number of aromatic nitrogens is 2. The summed E-state index contributed by atoms with van der Waals surface area (Å²) < 4.78 is 27.9. The highest BCUT2D eigenvalue weighted by molar-refractivity contribution is 6.30. The zero-order valence-corrected chi connectivity index (χ0v) is 19.6. The van der Waals surface area contributed by atoms with Crippen molar-refractivity contribution in [2.75, 3.05) is 18.8 Å². The van der Waals surface area contributed by atoms with Gasteiger partial charge in [0.1, 0.15) is 11.6 Å². The lowest BCUT2D eigenvalue weighted by atomic mass is 9.90. The van der Waals surface area contributed by atoms with Crippen LogP contribution in [-0.2, 0) is 17.8 Å². The Balaban J connectivity index is 1.41. The second kappa shape index (κ2) is 10.8. The number of piperidine rings is 1. The van der Waals surface area contributed by atoms with Gasteiger partial charge in [-0.3, -0.25) is 9.59 Å². The average molecular weight is 500 g/mol. The van der Waals surface area contributed by atoms with Crippen molar-refractivity contribution in [1.29, 1.82) is 0 Å². The monoisotopic (exact) mass is 499 g/mol. The van der Waals surface area contributed by atoms with Gasteiger partial charge in [-0.25, -0.2) is 18.7 Å². The van der Waals surface area contributed by atoms with Crippen molar-refractivity contribution in [3.8, 4) is 0 Å². The Morgan fingerprint density at radius 3 is 2.49 bits per heavy atom. The number of carbonyl (C=O) groups excluding carboxylic acids is 2. The van der Waals surface area contributed by atoms with Gasteiger partial charge < -0.3 is 16.0 Å². The summed E-state index contributed by atoms with van der Waals surface area (Å²) in [5, 5.41) is 3.43. The van der Waals surface area contributed by atoms with Crippen molar-refractivity contribution >= 4 is 29.4 Å². The third-order valence-electron chi connectivity index (χ3n) is 6.05. The molecule has 4 rings (SSSR count). The third kappa shape index (κ3) is 5.92. The maximum atomic E-state index is 13.9. The molecule has 0 saturated carbocycles. The van der Waals surface area contributed by atoms with E-state index in [9.17, 15) is 18.4 Å². The first-order valence-electron chi connectivity index (χ1n) is 11.2. The van der Waals surface area contributed by atoms with Crippen molar-refractivity contribution in [1.82, 2.24) is 20.2 Å². The van der Waals surface area contributed by atoms with Crippen LogP contribution in [0.3, 0.4) is 0 Å². The van der Waals surface area contributed by atoms with Gasteiger partial charge in [-0.2, -0.15) is 0 Å². The van der Waals surface area contributed by atoms with Crippen LogP contribution < -0.4 is 11.1 Å². The highest BCUT2D eigenvalue weighted by Gasteiger charge is 2.29. The first kappa shape index (κ1) is 24.5. The van der Waals surface area contributed by atoms with E-state index in [-0.39, 0.29) is 42.2 Å². The smallest absolute Gasteiger partial charge is 0.254 e. The number of carbonyl (C=O) groups is 2. The lowest BCUT2D eigenvalue weighted by molar-refractivity contribution is -0.131. The minimum Gasteiger partial charge on any atom is -0.368 e. The van der Waals surface area contributed by atoms with Crippen LogP contribution in [0.15, 0.2) is 48.7 Å². The summed E-state index contributed by atoms with van der Waals surface area (Å²) in [4.78, 5) is 35.5. The summed E-state index contributed by atoms with van der Waals surface area (Å²) >= 11 is 6.00. The molecule has 182 valence electrons. The first-order valence-corrected chi connectivity index (χ1v) is 11.6. The fraction of sp³-hybridized carbons (Fsp3) is 0.280. The number of benzene rings is 2. The Morgan fingerprint density at radius 1 is 1.11 bits per heavy atom. The van der Waals surface area contributed by atoms with E-state index in [0.717, 1.165) is 17.7 Å². The van der Waals surface area contributed by atoms with E-state index >= 15 is 0 Å². The molecule has 7 nitrogen and oxygen atoms in total. The van der Waals surface area contributed by atoms with Crippen LogP contribution in [0, 0.1) is 11.6 Å². The van der Waals surface area contributed by atoms with E-state index < -0.39 is 11.6 Å². The normalized spacial score (nSPS) is 14.1. The fourth-order valence-corrected chi connectivity index (χ4v) is 4.40. The molecule has 2 heterocycles. The Hall–Kier alpha value is -3.59. The second-order valence-electron chi connectivity index (χ2n) is 8.37. The number of nitrogen functional groups attached to an aromatic ring is 1. The second-order valence-corrected chi connectivity index (χ2v) is 8.81. The number of hydrogen-bond donors (Lipinski definition) is 2. The Labute approximate surface area is 206 Å². The molecule has 35 heavy (non-hydrogen) atoms. The van der Waals surface area contributed by atoms with E-state index in [1.54, 1.807) is 23.1 Å². The Bertz CT molecular complexity index is 1230. The molecule has 0 bridgehead atoms. The largest absolute Gasteiger partial charge is 0.368 e. The summed E-state index contributed by atoms with van der Waals surface area (Å²) in [7, 11) is 0. The molecule has 3 N–H and O–H groups in total. The molecule has 1 aliphatic rings. The summed E-state index contributed by atoms with van der Waals surface area (Å²) in [5.74, 6) is -2.24. The SMILES string of the molecule is Nc1ncc(C(=O)NCc2cccc(Cl)c2)c(C2CCN(C(=O)Cc3c(F)cccc3F)CC2)n1. The van der Waals surface area contributed by atoms with Gasteiger partial charge in [0.25, 0.3) is 5.91 Å². The van der Waals surface area contributed by atoms with Gasteiger partial charge in [-0.15, -0.1) is 0 Å². The molecule has 0 radical (unpaired) electrons. The zero-order chi connectivity index (χ0) is 24.9. The number of nitrogens with one attached hydrogen (secondary N) is 1. The van der Waals surface area contributed by atoms with Gasteiger partial charge in [0, 0.05) is 42.3 Å². The van der Waals surface area contributed by atoms with Crippen LogP contribution in [0.2, 0.25) is 5.02 Å². The number of nitrogens with two attached hydrogens (primary N) is 1. The molecular weight excluding hydrogens is 476 g/mol. The van der Waals surface area contributed by atoms with Crippen LogP contribution in [0.5, 0.6) is 0 Å². The molecule has 0 aliphatic carbocycles. The molecule has 3 aromatic rings. The van der Waals surface area contributed by atoms with Gasteiger partial charge in [0.05, 0.1) is 17.7 Å². The predicted molar refractivity (Wildman–Crippen MR) is 128 cm³/mol. The lowest BCUT2D eigenvalue weighted by Gasteiger charge is -2.32. The van der Waals surface area contributed by atoms with E-state index in [2.05, 4.69) is 15.3 Å². The first-order chi connectivity index (χ1) is 16.8. The summed E-state index contributed by atoms with van der Waals surface area (Å²) in [5.41, 5.74) is 7.26. The van der Waals surface area contributed by atoms with Crippen molar-refractivity contribution in [3.05, 3.63) is 87.7 Å². The topological polar surface area (TPSA) is 101 Å². The predicted octanol–water partition coefficient (Wildman–Crippen LogP) is 3.87. The molecule has 0 unspecified atom stereocenters. The minimum atomic E-state index is -0.738. The molecule has 1 aromatic heterocycles. The number of anilines is 1. The maximum absolute atomic E-state index is 13.9. The molecule has 1 aliphatic heterocycles. The highest BCUT2D eigenvalue weighted by atomic mass is 35.5. The molecule has 2 aromatic carbocycles. The van der Waals surface area contributed by atoms with Crippen LogP contribution in [0.1, 0.15) is 45.9 Å². The maximum Gasteiger partial charge on any atom is 0.254 e. The number of likely N-dealkylation sites (tertiary alicyclic amines) is 1. The summed E-state index contributed by atoms with van der Waals surface area (Å²) in [6, 6.07) is 10.7. The zero-order valence-electron chi connectivity index (χ0n) is 18.8. The lowest BCUT2D eigenvalue weighted by Crippen LogP contribution is -2.39. The summed E-state index contributed by atoms with van der Waals surface area (Å²) in [6.07, 6.45) is 2.11. The highest BCUT2D eigenvalue weighted by Crippen LogP contribution is 2.30. The van der Waals surface area contributed by atoms with Crippen molar-refractivity contribution in [3.63, 3.8) is 0 Å². The van der Waals surface area contributed by atoms with Crippen molar-refractivity contribution < 1.29 is 18.4 Å². The van der Waals surface area contributed by atoms with E-state index in [4.69, 9.17) is 17.3 Å². The van der Waals surface area contributed by atoms with Gasteiger partial charge in [0.2, 0.25) is 11.9 Å². The number of nitrogens with zero attached hydrogens (tertiary/aromatic N) is 3. The van der Waals surface area contributed by atoms with E-state index in [1.165, 1.54) is 12.3 Å². The quantitative estimate of drug-likeness (QED) is 0.536. The van der Waals surface area contributed by atoms with Crippen LogP contribution in [-0.4, -0.2) is 39.8 Å². The van der Waals surface area contributed by atoms with Crippen LogP contribution in [0.4, 0.5) is 14.7 Å².